The molecule has 1 aliphatic carbocycles. The summed E-state index contributed by atoms with van der Waals surface area (Å²) in [6.45, 7) is 1.91. The molecule has 0 bridgehead atoms. The van der Waals surface area contributed by atoms with Crippen molar-refractivity contribution >= 4 is 28.4 Å². The number of ether oxygens (including phenoxy) is 2. The van der Waals surface area contributed by atoms with Crippen LogP contribution < -0.4 is 0 Å². The Morgan fingerprint density at radius 1 is 1.13 bits per heavy atom. The third kappa shape index (κ3) is 2.15. The number of benzene rings is 1. The van der Waals surface area contributed by atoms with E-state index in [0.717, 1.165) is 27.7 Å². The van der Waals surface area contributed by atoms with Crippen molar-refractivity contribution in [2.24, 2.45) is 5.41 Å². The topological polar surface area (TPSA) is 68.4 Å². The molecule has 0 atom stereocenters. The number of carbonyl (C=O) groups is 2. The number of nitrogens with one attached hydrogen (secondary N) is 1. The summed E-state index contributed by atoms with van der Waals surface area (Å²) in [5.74, 6) is -1.12. The average Bonchev–Trinajstić information content (AvgIpc) is 2.97. The molecule has 1 heterocycles. The van der Waals surface area contributed by atoms with Crippen LogP contribution in [0, 0.1) is 5.41 Å². The molecule has 0 unspecified atom stereocenters. The number of aromatic nitrogens is 1. The highest BCUT2D eigenvalue weighted by molar-refractivity contribution is 6.05. The second kappa shape index (κ2) is 5.57. The number of para-hydroxylation sites is 1. The van der Waals surface area contributed by atoms with Gasteiger partial charge in [-0.2, -0.15) is 0 Å². The van der Waals surface area contributed by atoms with Gasteiger partial charge in [-0.15, -0.1) is 0 Å². The van der Waals surface area contributed by atoms with Crippen molar-refractivity contribution < 1.29 is 19.1 Å². The normalized spacial score (nSPS) is 17.8. The number of esters is 2. The van der Waals surface area contributed by atoms with Crippen molar-refractivity contribution in [3.05, 3.63) is 41.6 Å². The fourth-order valence-electron chi connectivity index (χ4n) is 3.48. The van der Waals surface area contributed by atoms with E-state index in [1.54, 1.807) is 0 Å². The average molecular weight is 313 g/mol. The lowest BCUT2D eigenvalue weighted by molar-refractivity contribution is -0.169. The molecule has 0 radical (unpaired) electrons. The van der Waals surface area contributed by atoms with Crippen molar-refractivity contribution in [1.82, 2.24) is 4.98 Å². The number of hydrogen-bond donors (Lipinski definition) is 1. The fourth-order valence-corrected chi connectivity index (χ4v) is 3.48. The molecule has 0 saturated heterocycles. The number of H-pyrrole nitrogens is 1. The molecule has 23 heavy (non-hydrogen) atoms. The van der Waals surface area contributed by atoms with Gasteiger partial charge in [-0.3, -0.25) is 9.59 Å². The maximum absolute atomic E-state index is 12.4. The van der Waals surface area contributed by atoms with Crippen molar-refractivity contribution in [3.63, 3.8) is 0 Å². The van der Waals surface area contributed by atoms with E-state index in [4.69, 9.17) is 9.47 Å². The van der Waals surface area contributed by atoms with Crippen LogP contribution in [-0.4, -0.2) is 31.1 Å². The molecule has 120 valence electrons. The van der Waals surface area contributed by atoms with Crippen LogP contribution >= 0.6 is 0 Å². The summed E-state index contributed by atoms with van der Waals surface area (Å²) in [4.78, 5) is 28.2. The van der Waals surface area contributed by atoms with Crippen LogP contribution in [0.3, 0.4) is 0 Å². The Balaban J connectivity index is 2.23. The van der Waals surface area contributed by atoms with Gasteiger partial charge < -0.3 is 14.5 Å². The van der Waals surface area contributed by atoms with E-state index in [2.05, 4.69) is 4.98 Å². The molecule has 0 amide bonds. The van der Waals surface area contributed by atoms with Crippen LogP contribution in [0.25, 0.3) is 16.5 Å². The molecule has 0 aliphatic heterocycles. The highest BCUT2D eigenvalue weighted by Crippen LogP contribution is 2.46. The Hall–Kier alpha value is -2.56. The SMILES string of the molecule is C/C=C1\CC(C(=O)OC)(C(=O)OC)Cc2[nH]c3ccccc3c21. The molecule has 0 spiro atoms. The van der Waals surface area contributed by atoms with E-state index >= 15 is 0 Å². The van der Waals surface area contributed by atoms with Gasteiger partial charge in [0.25, 0.3) is 0 Å². The Kier molecular flexibility index (Phi) is 3.72. The summed E-state index contributed by atoms with van der Waals surface area (Å²) in [6.07, 6.45) is 2.46. The van der Waals surface area contributed by atoms with E-state index in [-0.39, 0.29) is 12.8 Å². The minimum atomic E-state index is -1.33. The van der Waals surface area contributed by atoms with Gasteiger partial charge in [0.2, 0.25) is 0 Å². The highest BCUT2D eigenvalue weighted by atomic mass is 16.5. The maximum atomic E-state index is 12.4. The largest absolute Gasteiger partial charge is 0.468 e. The first kappa shape index (κ1) is 15.3. The summed E-state index contributed by atoms with van der Waals surface area (Å²) in [5.41, 5.74) is 2.54. The van der Waals surface area contributed by atoms with Crippen LogP contribution in [-0.2, 0) is 25.5 Å². The molecule has 1 aliphatic rings. The fraction of sp³-hybridized carbons (Fsp3) is 0.333. The zero-order chi connectivity index (χ0) is 16.6. The van der Waals surface area contributed by atoms with Crippen LogP contribution in [0.15, 0.2) is 30.3 Å². The van der Waals surface area contributed by atoms with E-state index in [1.807, 2.05) is 37.3 Å². The molecule has 1 N–H and O–H groups in total. The zero-order valence-corrected chi connectivity index (χ0v) is 13.4. The number of allylic oxidation sites excluding steroid dienone is 2. The van der Waals surface area contributed by atoms with Crippen molar-refractivity contribution in [2.45, 2.75) is 19.8 Å². The van der Waals surface area contributed by atoms with Gasteiger partial charge in [-0.05, 0) is 25.0 Å². The highest BCUT2D eigenvalue weighted by Gasteiger charge is 2.52. The summed E-state index contributed by atoms with van der Waals surface area (Å²) < 4.78 is 9.83. The Morgan fingerprint density at radius 2 is 1.78 bits per heavy atom. The van der Waals surface area contributed by atoms with Gasteiger partial charge in [-0.25, -0.2) is 0 Å². The lowest BCUT2D eigenvalue weighted by Crippen LogP contribution is -2.45. The molecule has 0 saturated carbocycles. The molecular formula is C18H19NO4. The van der Waals surface area contributed by atoms with Crippen LogP contribution in [0.5, 0.6) is 0 Å². The van der Waals surface area contributed by atoms with Gasteiger partial charge in [0, 0.05) is 28.6 Å². The molecule has 5 nitrogen and oxygen atoms in total. The number of rotatable bonds is 2. The third-order valence-corrected chi connectivity index (χ3v) is 4.58. The predicted octanol–water partition coefficient (Wildman–Crippen LogP) is 2.85. The summed E-state index contributed by atoms with van der Waals surface area (Å²) >= 11 is 0. The summed E-state index contributed by atoms with van der Waals surface area (Å²) in [5, 5.41) is 1.10. The maximum Gasteiger partial charge on any atom is 0.323 e. The number of aromatic amines is 1. The molecule has 2 aromatic rings. The first-order valence-corrected chi connectivity index (χ1v) is 7.49. The second-order valence-electron chi connectivity index (χ2n) is 5.76. The Morgan fingerprint density at radius 3 is 2.39 bits per heavy atom. The molecule has 3 rings (SSSR count). The minimum absolute atomic E-state index is 0.244. The number of carbonyl (C=O) groups excluding carboxylic acids is 2. The molecule has 5 heteroatoms. The van der Waals surface area contributed by atoms with Crippen molar-refractivity contribution in [3.8, 4) is 0 Å². The molecular weight excluding hydrogens is 294 g/mol. The van der Waals surface area contributed by atoms with Gasteiger partial charge >= 0.3 is 11.9 Å². The molecule has 1 aromatic carbocycles. The van der Waals surface area contributed by atoms with Crippen LogP contribution in [0.1, 0.15) is 24.6 Å². The Labute approximate surface area is 134 Å². The first-order valence-electron chi connectivity index (χ1n) is 7.49. The molecule has 0 fully saturated rings. The van der Waals surface area contributed by atoms with Gasteiger partial charge in [0.1, 0.15) is 0 Å². The van der Waals surface area contributed by atoms with Gasteiger partial charge in [0.05, 0.1) is 14.2 Å². The van der Waals surface area contributed by atoms with E-state index in [1.165, 1.54) is 14.2 Å². The lowest BCUT2D eigenvalue weighted by Gasteiger charge is -2.33. The predicted molar refractivity (Wildman–Crippen MR) is 86.7 cm³/mol. The quantitative estimate of drug-likeness (QED) is 0.684. The number of methoxy groups -OCH3 is 2. The summed E-state index contributed by atoms with van der Waals surface area (Å²) in [7, 11) is 2.59. The molecule has 1 aromatic heterocycles. The van der Waals surface area contributed by atoms with Crippen molar-refractivity contribution in [1.29, 1.82) is 0 Å². The lowest BCUT2D eigenvalue weighted by atomic mass is 9.71. The Bertz CT molecular complexity index is 800. The third-order valence-electron chi connectivity index (χ3n) is 4.58. The zero-order valence-electron chi connectivity index (χ0n) is 13.4. The first-order chi connectivity index (χ1) is 11.1. The van der Waals surface area contributed by atoms with Crippen LogP contribution in [0.4, 0.5) is 0 Å². The monoisotopic (exact) mass is 313 g/mol. The van der Waals surface area contributed by atoms with E-state index in [0.29, 0.717) is 0 Å². The number of hydrogen-bond acceptors (Lipinski definition) is 4. The van der Waals surface area contributed by atoms with E-state index < -0.39 is 17.4 Å². The van der Waals surface area contributed by atoms with Crippen molar-refractivity contribution in [2.75, 3.05) is 14.2 Å². The second-order valence-corrected chi connectivity index (χ2v) is 5.76. The standard InChI is InChI=1S/C18H19NO4/c1-4-11-9-18(16(20)22-2,17(21)23-3)10-14-15(11)12-7-5-6-8-13(12)19-14/h4-8,19H,9-10H2,1-3H3/b11-4+. The van der Waals surface area contributed by atoms with Crippen LogP contribution in [0.2, 0.25) is 0 Å². The summed E-state index contributed by atoms with van der Waals surface area (Å²) in [6, 6.07) is 7.95. The van der Waals surface area contributed by atoms with Gasteiger partial charge in [-0.1, -0.05) is 24.3 Å². The van der Waals surface area contributed by atoms with Gasteiger partial charge in [0.15, 0.2) is 5.41 Å². The van der Waals surface area contributed by atoms with E-state index in [9.17, 15) is 9.59 Å². The number of fused-ring (bicyclic) bond motifs is 3. The minimum Gasteiger partial charge on any atom is -0.468 e. The smallest absolute Gasteiger partial charge is 0.323 e.